The smallest absolute Gasteiger partial charge is 0.243 e. The fourth-order valence-electron chi connectivity index (χ4n) is 2.40. The van der Waals surface area contributed by atoms with Gasteiger partial charge in [-0.3, -0.25) is 0 Å². The number of halogens is 1. The Hall–Kier alpha value is -0.870. The van der Waals surface area contributed by atoms with Crippen molar-refractivity contribution in [2.24, 2.45) is 5.73 Å². The predicted octanol–water partition coefficient (Wildman–Crippen LogP) is 1.03. The summed E-state index contributed by atoms with van der Waals surface area (Å²) in [4.78, 5) is 0.200. The zero-order chi connectivity index (χ0) is 17.8. The predicted molar refractivity (Wildman–Crippen MR) is 99.5 cm³/mol. The molecule has 0 saturated carbocycles. The number of hydrogen-bond donors (Lipinski definition) is 1. The largest absolute Gasteiger partial charge is 0.493 e. The van der Waals surface area contributed by atoms with E-state index in [2.05, 4.69) is 0 Å². The molecule has 10 heteroatoms. The van der Waals surface area contributed by atoms with Gasteiger partial charge in [-0.15, -0.1) is 12.4 Å². The van der Waals surface area contributed by atoms with E-state index >= 15 is 0 Å². The Balaban J connectivity index is 0.00000312. The average molecular weight is 413 g/mol. The lowest BCUT2D eigenvalue weighted by Gasteiger charge is -2.29. The quantitative estimate of drug-likeness (QED) is 0.716. The SMILES string of the molecule is CCS(=O)(=O)CCOc1ccc(S(=O)(=O)N2CCC(N)CC2)cc1.Cl. The highest BCUT2D eigenvalue weighted by atomic mass is 35.5. The first-order chi connectivity index (χ1) is 11.2. The van der Waals surface area contributed by atoms with Gasteiger partial charge >= 0.3 is 0 Å². The molecule has 0 unspecified atom stereocenters. The highest BCUT2D eigenvalue weighted by molar-refractivity contribution is 7.91. The monoisotopic (exact) mass is 412 g/mol. The highest BCUT2D eigenvalue weighted by Crippen LogP contribution is 2.22. The molecule has 1 aliphatic heterocycles. The van der Waals surface area contributed by atoms with E-state index in [-0.39, 0.29) is 41.5 Å². The lowest BCUT2D eigenvalue weighted by Crippen LogP contribution is -2.42. The van der Waals surface area contributed by atoms with E-state index in [1.807, 2.05) is 0 Å². The van der Waals surface area contributed by atoms with Crippen molar-refractivity contribution in [2.45, 2.75) is 30.7 Å². The Kier molecular flexibility index (Phi) is 8.14. The molecule has 0 amide bonds. The molecule has 1 fully saturated rings. The third-order valence-corrected chi connectivity index (χ3v) is 7.64. The van der Waals surface area contributed by atoms with Crippen LogP contribution in [0.3, 0.4) is 0 Å². The first-order valence-electron chi connectivity index (χ1n) is 7.93. The molecule has 1 aliphatic rings. The summed E-state index contributed by atoms with van der Waals surface area (Å²) >= 11 is 0. The number of benzene rings is 1. The second kappa shape index (κ2) is 9.18. The van der Waals surface area contributed by atoms with E-state index in [0.29, 0.717) is 31.7 Å². The molecule has 0 atom stereocenters. The van der Waals surface area contributed by atoms with Crippen LogP contribution in [0.1, 0.15) is 19.8 Å². The molecule has 2 N–H and O–H groups in total. The van der Waals surface area contributed by atoms with Crippen LogP contribution < -0.4 is 10.5 Å². The van der Waals surface area contributed by atoms with Crippen LogP contribution in [0.2, 0.25) is 0 Å². The number of nitrogens with zero attached hydrogens (tertiary/aromatic N) is 1. The Morgan fingerprint density at radius 1 is 1.12 bits per heavy atom. The standard InChI is InChI=1S/C15H24N2O5S2.ClH/c1-2-23(18,19)12-11-22-14-3-5-15(6-4-14)24(20,21)17-9-7-13(16)8-10-17;/h3-6,13H,2,7-12,16H2,1H3;1H. The Morgan fingerprint density at radius 2 is 1.68 bits per heavy atom. The van der Waals surface area contributed by atoms with Gasteiger partial charge in [0.2, 0.25) is 10.0 Å². The number of sulfone groups is 1. The lowest BCUT2D eigenvalue weighted by atomic mass is 10.1. The van der Waals surface area contributed by atoms with Crippen molar-refractivity contribution >= 4 is 32.3 Å². The van der Waals surface area contributed by atoms with Crippen LogP contribution >= 0.6 is 12.4 Å². The van der Waals surface area contributed by atoms with Gasteiger partial charge in [-0.05, 0) is 37.1 Å². The molecule has 1 heterocycles. The van der Waals surface area contributed by atoms with Gasteiger partial charge in [0.25, 0.3) is 0 Å². The third-order valence-electron chi connectivity index (χ3n) is 4.06. The van der Waals surface area contributed by atoms with Crippen molar-refractivity contribution in [3.63, 3.8) is 0 Å². The molecule has 1 saturated heterocycles. The molecule has 1 aromatic rings. The molecule has 0 bridgehead atoms. The summed E-state index contributed by atoms with van der Waals surface area (Å²) in [5.74, 6) is 0.464. The minimum absolute atomic E-state index is 0. The maximum absolute atomic E-state index is 12.6. The van der Waals surface area contributed by atoms with E-state index in [4.69, 9.17) is 10.5 Å². The van der Waals surface area contributed by atoms with E-state index in [0.717, 1.165) is 0 Å². The molecule has 0 spiro atoms. The molecule has 1 aromatic carbocycles. The minimum atomic E-state index is -3.52. The van der Waals surface area contributed by atoms with E-state index < -0.39 is 19.9 Å². The van der Waals surface area contributed by atoms with Gasteiger partial charge in [0.05, 0.1) is 10.6 Å². The van der Waals surface area contributed by atoms with Crippen LogP contribution in [-0.4, -0.2) is 58.4 Å². The first-order valence-corrected chi connectivity index (χ1v) is 11.2. The minimum Gasteiger partial charge on any atom is -0.493 e. The van der Waals surface area contributed by atoms with Crippen LogP contribution in [-0.2, 0) is 19.9 Å². The normalized spacial score (nSPS) is 17.0. The summed E-state index contributed by atoms with van der Waals surface area (Å²) in [5.41, 5.74) is 5.81. The van der Waals surface area contributed by atoms with E-state index in [1.165, 1.54) is 16.4 Å². The number of ether oxygens (including phenoxy) is 1. The molecule has 2 rings (SSSR count). The summed E-state index contributed by atoms with van der Waals surface area (Å²) in [6, 6.07) is 6.11. The molecule has 7 nitrogen and oxygen atoms in total. The maximum atomic E-state index is 12.6. The Morgan fingerprint density at radius 3 is 2.20 bits per heavy atom. The number of nitrogens with two attached hydrogens (primary N) is 1. The van der Waals surface area contributed by atoms with Crippen LogP contribution in [0.5, 0.6) is 5.75 Å². The van der Waals surface area contributed by atoms with Gasteiger partial charge in [0.15, 0.2) is 9.84 Å². The Bertz CT molecular complexity index is 743. The molecule has 25 heavy (non-hydrogen) atoms. The topological polar surface area (TPSA) is 107 Å². The highest BCUT2D eigenvalue weighted by Gasteiger charge is 2.28. The third kappa shape index (κ3) is 6.10. The number of piperidine rings is 1. The number of rotatable bonds is 7. The summed E-state index contributed by atoms with van der Waals surface area (Å²) in [6.45, 7) is 2.49. The van der Waals surface area contributed by atoms with E-state index in [1.54, 1.807) is 19.1 Å². The van der Waals surface area contributed by atoms with Gasteiger partial charge in [0, 0.05) is 24.9 Å². The first kappa shape index (κ1) is 22.2. The summed E-state index contributed by atoms with van der Waals surface area (Å²) in [6.07, 6.45) is 1.32. The van der Waals surface area contributed by atoms with Crippen molar-refractivity contribution in [1.82, 2.24) is 4.31 Å². The fourth-order valence-corrected chi connectivity index (χ4v) is 4.50. The van der Waals surface area contributed by atoms with Crippen LogP contribution in [0.15, 0.2) is 29.2 Å². The second-order valence-electron chi connectivity index (χ2n) is 5.80. The van der Waals surface area contributed by atoms with Crippen molar-refractivity contribution < 1.29 is 21.6 Å². The maximum Gasteiger partial charge on any atom is 0.243 e. The van der Waals surface area contributed by atoms with Gasteiger partial charge in [-0.2, -0.15) is 4.31 Å². The molecule has 0 radical (unpaired) electrons. The Labute approximate surface area is 155 Å². The van der Waals surface area contributed by atoms with Gasteiger partial charge in [-0.1, -0.05) is 6.92 Å². The van der Waals surface area contributed by atoms with Crippen LogP contribution in [0, 0.1) is 0 Å². The van der Waals surface area contributed by atoms with Gasteiger partial charge in [0.1, 0.15) is 12.4 Å². The zero-order valence-corrected chi connectivity index (χ0v) is 16.6. The van der Waals surface area contributed by atoms with Crippen molar-refractivity contribution in [2.75, 3.05) is 31.2 Å². The number of hydrogen-bond acceptors (Lipinski definition) is 6. The molecule has 0 aliphatic carbocycles. The van der Waals surface area contributed by atoms with Crippen LogP contribution in [0.4, 0.5) is 0 Å². The summed E-state index contributed by atoms with van der Waals surface area (Å²) in [5, 5.41) is 0. The fraction of sp³-hybridized carbons (Fsp3) is 0.600. The van der Waals surface area contributed by atoms with Crippen molar-refractivity contribution in [3.05, 3.63) is 24.3 Å². The second-order valence-corrected chi connectivity index (χ2v) is 10.2. The number of sulfonamides is 1. The van der Waals surface area contributed by atoms with Gasteiger partial charge < -0.3 is 10.5 Å². The molecular formula is C15H25ClN2O5S2. The molecular weight excluding hydrogens is 388 g/mol. The molecule has 144 valence electrons. The van der Waals surface area contributed by atoms with E-state index in [9.17, 15) is 16.8 Å². The lowest BCUT2D eigenvalue weighted by molar-refractivity contribution is 0.320. The zero-order valence-electron chi connectivity index (χ0n) is 14.1. The molecule has 0 aromatic heterocycles. The summed E-state index contributed by atoms with van der Waals surface area (Å²) in [7, 11) is -6.60. The van der Waals surface area contributed by atoms with Crippen molar-refractivity contribution in [1.29, 1.82) is 0 Å². The average Bonchev–Trinajstić information content (AvgIpc) is 2.55. The van der Waals surface area contributed by atoms with Crippen molar-refractivity contribution in [3.8, 4) is 5.75 Å². The van der Waals surface area contributed by atoms with Gasteiger partial charge in [-0.25, -0.2) is 16.8 Å². The van der Waals surface area contributed by atoms with Crippen LogP contribution in [0.25, 0.3) is 0 Å². The summed E-state index contributed by atoms with van der Waals surface area (Å²) < 4.78 is 54.7.